The molecule has 0 amide bonds. The third-order valence-corrected chi connectivity index (χ3v) is 2.74. The molecule has 0 heterocycles. The van der Waals surface area contributed by atoms with Crippen molar-refractivity contribution < 1.29 is 9.66 Å². The molecule has 20 heavy (non-hydrogen) atoms. The van der Waals surface area contributed by atoms with E-state index in [1.165, 1.54) is 6.07 Å². The molecule has 2 rings (SSSR count). The standard InChI is InChI=1S/C13H14N4O3/c1-20-10-7-5-9(6-8-10)15-11-3-2-4-12(16-14)13(11)17(18)19/h2-8,15-16H,14H2,1H3. The van der Waals surface area contributed by atoms with Gasteiger partial charge in [0.05, 0.1) is 12.0 Å². The molecule has 0 aromatic heterocycles. The molecular weight excluding hydrogens is 260 g/mol. The second kappa shape index (κ2) is 5.89. The Bertz CT molecular complexity index is 614. The molecule has 104 valence electrons. The molecule has 0 spiro atoms. The van der Waals surface area contributed by atoms with Crippen LogP contribution in [-0.2, 0) is 0 Å². The molecule has 0 aliphatic heterocycles. The van der Waals surface area contributed by atoms with Crippen molar-refractivity contribution in [2.75, 3.05) is 17.9 Å². The summed E-state index contributed by atoms with van der Waals surface area (Å²) in [4.78, 5) is 10.7. The third-order valence-electron chi connectivity index (χ3n) is 2.74. The number of rotatable bonds is 5. The molecule has 0 unspecified atom stereocenters. The van der Waals surface area contributed by atoms with Crippen molar-refractivity contribution in [3.8, 4) is 5.75 Å². The zero-order chi connectivity index (χ0) is 14.5. The van der Waals surface area contributed by atoms with Crippen LogP contribution in [0.4, 0.5) is 22.7 Å². The van der Waals surface area contributed by atoms with Crippen LogP contribution in [0.15, 0.2) is 42.5 Å². The molecule has 4 N–H and O–H groups in total. The summed E-state index contributed by atoms with van der Waals surface area (Å²) >= 11 is 0. The first kappa shape index (κ1) is 13.6. The van der Waals surface area contributed by atoms with Crippen molar-refractivity contribution in [3.63, 3.8) is 0 Å². The highest BCUT2D eigenvalue weighted by atomic mass is 16.6. The molecular formula is C13H14N4O3. The first-order valence-corrected chi connectivity index (χ1v) is 5.81. The topological polar surface area (TPSA) is 102 Å². The summed E-state index contributed by atoms with van der Waals surface area (Å²) in [5.41, 5.74) is 3.53. The average molecular weight is 274 g/mol. The molecule has 0 aliphatic rings. The number of hydrazine groups is 1. The number of hydrogen-bond donors (Lipinski definition) is 3. The second-order valence-electron chi connectivity index (χ2n) is 3.96. The number of nitrogen functional groups attached to an aromatic ring is 1. The van der Waals surface area contributed by atoms with E-state index >= 15 is 0 Å². The minimum atomic E-state index is -0.485. The summed E-state index contributed by atoms with van der Waals surface area (Å²) in [6, 6.07) is 11.9. The highest BCUT2D eigenvalue weighted by Gasteiger charge is 2.19. The Labute approximate surface area is 115 Å². The third kappa shape index (κ3) is 2.78. The van der Waals surface area contributed by atoms with Crippen molar-refractivity contribution >= 4 is 22.7 Å². The van der Waals surface area contributed by atoms with Crippen molar-refractivity contribution in [3.05, 3.63) is 52.6 Å². The fourth-order valence-corrected chi connectivity index (χ4v) is 1.79. The number of methoxy groups -OCH3 is 1. The van der Waals surface area contributed by atoms with E-state index in [-0.39, 0.29) is 11.4 Å². The van der Waals surface area contributed by atoms with Gasteiger partial charge in [0.2, 0.25) is 0 Å². The summed E-state index contributed by atoms with van der Waals surface area (Å²) in [6.07, 6.45) is 0. The summed E-state index contributed by atoms with van der Waals surface area (Å²) < 4.78 is 5.06. The molecule has 0 saturated heterocycles. The Morgan fingerprint density at radius 3 is 2.35 bits per heavy atom. The average Bonchev–Trinajstić information content (AvgIpc) is 2.47. The number of nitrogens with one attached hydrogen (secondary N) is 2. The maximum absolute atomic E-state index is 11.1. The van der Waals surface area contributed by atoms with Crippen LogP contribution in [0.1, 0.15) is 0 Å². The Morgan fingerprint density at radius 1 is 1.15 bits per heavy atom. The molecule has 2 aromatic rings. The van der Waals surface area contributed by atoms with Crippen LogP contribution in [0, 0.1) is 10.1 Å². The lowest BCUT2D eigenvalue weighted by Gasteiger charge is -2.10. The number of para-hydroxylation sites is 1. The number of nitro benzene ring substituents is 1. The van der Waals surface area contributed by atoms with Crippen LogP contribution in [0.25, 0.3) is 0 Å². The lowest BCUT2D eigenvalue weighted by molar-refractivity contribution is -0.383. The number of benzene rings is 2. The van der Waals surface area contributed by atoms with E-state index in [0.717, 1.165) is 0 Å². The van der Waals surface area contributed by atoms with Gasteiger partial charge in [-0.15, -0.1) is 0 Å². The van der Waals surface area contributed by atoms with E-state index < -0.39 is 4.92 Å². The van der Waals surface area contributed by atoms with Crippen LogP contribution in [0.3, 0.4) is 0 Å². The highest BCUT2D eigenvalue weighted by molar-refractivity contribution is 5.79. The Balaban J connectivity index is 2.34. The van der Waals surface area contributed by atoms with Gasteiger partial charge in [-0.25, -0.2) is 0 Å². The largest absolute Gasteiger partial charge is 0.497 e. The van der Waals surface area contributed by atoms with Gasteiger partial charge in [0.1, 0.15) is 17.1 Å². The van der Waals surface area contributed by atoms with Gasteiger partial charge in [-0.3, -0.25) is 16.0 Å². The zero-order valence-electron chi connectivity index (χ0n) is 10.8. The number of nitro groups is 1. The fraction of sp³-hybridized carbons (Fsp3) is 0.0769. The Kier molecular flexibility index (Phi) is 4.02. The van der Waals surface area contributed by atoms with Crippen LogP contribution < -0.4 is 21.3 Å². The first-order chi connectivity index (χ1) is 9.65. The normalized spacial score (nSPS) is 9.90. The molecule has 7 nitrogen and oxygen atoms in total. The maximum atomic E-state index is 11.1. The first-order valence-electron chi connectivity index (χ1n) is 5.81. The maximum Gasteiger partial charge on any atom is 0.316 e. The number of ether oxygens (including phenoxy) is 1. The predicted octanol–water partition coefficient (Wildman–Crippen LogP) is 2.63. The number of nitrogens with zero attached hydrogens (tertiary/aromatic N) is 1. The molecule has 0 fully saturated rings. The van der Waals surface area contributed by atoms with Crippen molar-refractivity contribution in [1.29, 1.82) is 0 Å². The molecule has 0 bridgehead atoms. The Morgan fingerprint density at radius 2 is 1.80 bits per heavy atom. The molecule has 2 aromatic carbocycles. The monoisotopic (exact) mass is 274 g/mol. The van der Waals surface area contributed by atoms with E-state index in [9.17, 15) is 10.1 Å². The van der Waals surface area contributed by atoms with E-state index in [4.69, 9.17) is 10.6 Å². The summed E-state index contributed by atoms with van der Waals surface area (Å²) in [6.45, 7) is 0. The molecule has 0 radical (unpaired) electrons. The van der Waals surface area contributed by atoms with Gasteiger partial charge >= 0.3 is 5.69 Å². The second-order valence-corrected chi connectivity index (χ2v) is 3.96. The highest BCUT2D eigenvalue weighted by Crippen LogP contribution is 2.34. The lowest BCUT2D eigenvalue weighted by atomic mass is 10.2. The SMILES string of the molecule is COc1ccc(Nc2cccc(NN)c2[N+](=O)[O-])cc1. The van der Waals surface area contributed by atoms with Gasteiger partial charge in [-0.2, -0.15) is 0 Å². The van der Waals surface area contributed by atoms with Crippen LogP contribution in [0.2, 0.25) is 0 Å². The smallest absolute Gasteiger partial charge is 0.316 e. The van der Waals surface area contributed by atoms with E-state index in [2.05, 4.69) is 10.7 Å². The minimum Gasteiger partial charge on any atom is -0.497 e. The predicted molar refractivity (Wildman–Crippen MR) is 77.2 cm³/mol. The van der Waals surface area contributed by atoms with Crippen molar-refractivity contribution in [2.24, 2.45) is 5.84 Å². The zero-order valence-corrected chi connectivity index (χ0v) is 10.8. The van der Waals surface area contributed by atoms with E-state index in [1.807, 2.05) is 0 Å². The molecule has 0 saturated carbocycles. The Hall–Kier alpha value is -2.80. The van der Waals surface area contributed by atoms with Crippen LogP contribution >= 0.6 is 0 Å². The van der Waals surface area contributed by atoms with Crippen LogP contribution in [0.5, 0.6) is 5.75 Å². The number of nitrogens with two attached hydrogens (primary N) is 1. The summed E-state index contributed by atoms with van der Waals surface area (Å²) in [7, 11) is 1.57. The van der Waals surface area contributed by atoms with Crippen molar-refractivity contribution in [1.82, 2.24) is 0 Å². The summed E-state index contributed by atoms with van der Waals surface area (Å²) in [5, 5.41) is 14.1. The van der Waals surface area contributed by atoms with Gasteiger partial charge in [-0.05, 0) is 36.4 Å². The van der Waals surface area contributed by atoms with E-state index in [0.29, 0.717) is 17.1 Å². The molecule has 7 heteroatoms. The molecule has 0 atom stereocenters. The minimum absolute atomic E-state index is 0.106. The van der Waals surface area contributed by atoms with Gasteiger partial charge in [-0.1, -0.05) is 6.07 Å². The molecule has 0 aliphatic carbocycles. The number of hydrogen-bond acceptors (Lipinski definition) is 6. The van der Waals surface area contributed by atoms with E-state index in [1.54, 1.807) is 43.5 Å². The quantitative estimate of drug-likeness (QED) is 0.440. The van der Waals surface area contributed by atoms with Crippen molar-refractivity contribution in [2.45, 2.75) is 0 Å². The van der Waals surface area contributed by atoms with Gasteiger partial charge in [0, 0.05) is 5.69 Å². The fourth-order valence-electron chi connectivity index (χ4n) is 1.79. The summed E-state index contributed by atoms with van der Waals surface area (Å²) in [5.74, 6) is 6.00. The lowest BCUT2D eigenvalue weighted by Crippen LogP contribution is -2.10. The van der Waals surface area contributed by atoms with Gasteiger partial charge in [0.25, 0.3) is 0 Å². The van der Waals surface area contributed by atoms with Gasteiger partial charge < -0.3 is 15.5 Å². The van der Waals surface area contributed by atoms with Crippen LogP contribution in [-0.4, -0.2) is 12.0 Å². The van der Waals surface area contributed by atoms with Gasteiger partial charge in [0.15, 0.2) is 0 Å². The number of anilines is 3.